The van der Waals surface area contributed by atoms with E-state index in [9.17, 15) is 9.59 Å². The third-order valence-corrected chi connectivity index (χ3v) is 5.50. The first-order chi connectivity index (χ1) is 12.2. The quantitative estimate of drug-likeness (QED) is 0.465. The number of amides is 2. The van der Waals surface area contributed by atoms with Gasteiger partial charge in [-0.3, -0.25) is 9.59 Å². The Labute approximate surface area is 154 Å². The first-order valence-electron chi connectivity index (χ1n) is 9.08. The van der Waals surface area contributed by atoms with E-state index < -0.39 is 0 Å². The van der Waals surface area contributed by atoms with Gasteiger partial charge in [0.05, 0.1) is 11.3 Å². The normalized spacial score (nSPS) is 14.9. The molecular formula is C19H28N2O3S. The number of nitrogens with one attached hydrogen (secondary N) is 2. The van der Waals surface area contributed by atoms with Crippen LogP contribution in [-0.4, -0.2) is 42.4 Å². The molecule has 2 amide bonds. The first-order valence-corrected chi connectivity index (χ1v) is 10.1. The number of carbonyl (C=O) groups is 2. The maximum absolute atomic E-state index is 12.2. The van der Waals surface area contributed by atoms with Gasteiger partial charge in [0.2, 0.25) is 5.91 Å². The topological polar surface area (TPSA) is 78.4 Å². The van der Waals surface area contributed by atoms with Crippen molar-refractivity contribution in [2.75, 3.05) is 25.4 Å². The van der Waals surface area contributed by atoms with E-state index in [4.69, 9.17) is 5.11 Å². The maximum Gasteiger partial charge on any atom is 0.252 e. The molecule has 5 nitrogen and oxygen atoms in total. The van der Waals surface area contributed by atoms with Gasteiger partial charge in [0.1, 0.15) is 0 Å². The van der Waals surface area contributed by atoms with E-state index in [1.807, 2.05) is 18.2 Å². The highest BCUT2D eigenvalue weighted by atomic mass is 32.2. The van der Waals surface area contributed by atoms with E-state index in [0.29, 0.717) is 30.2 Å². The van der Waals surface area contributed by atoms with Crippen LogP contribution in [0.4, 0.5) is 0 Å². The van der Waals surface area contributed by atoms with Gasteiger partial charge in [-0.2, -0.15) is 0 Å². The number of aliphatic hydroxyl groups excluding tert-OH is 1. The van der Waals surface area contributed by atoms with Crippen LogP contribution in [0.1, 0.15) is 48.9 Å². The molecule has 0 heterocycles. The highest BCUT2D eigenvalue weighted by molar-refractivity contribution is 8.00. The molecule has 1 aromatic carbocycles. The molecule has 1 aliphatic carbocycles. The predicted molar refractivity (Wildman–Crippen MR) is 101 cm³/mol. The van der Waals surface area contributed by atoms with Crippen LogP contribution >= 0.6 is 11.8 Å². The Balaban J connectivity index is 1.79. The second-order valence-electron chi connectivity index (χ2n) is 6.43. The third-order valence-electron chi connectivity index (χ3n) is 4.42. The van der Waals surface area contributed by atoms with Gasteiger partial charge in [-0.05, 0) is 37.3 Å². The van der Waals surface area contributed by atoms with Crippen LogP contribution in [0.3, 0.4) is 0 Å². The van der Waals surface area contributed by atoms with Gasteiger partial charge >= 0.3 is 0 Å². The van der Waals surface area contributed by atoms with Crippen molar-refractivity contribution in [3.05, 3.63) is 29.8 Å². The van der Waals surface area contributed by atoms with Crippen LogP contribution in [0.2, 0.25) is 0 Å². The van der Waals surface area contributed by atoms with Gasteiger partial charge in [0, 0.05) is 24.6 Å². The van der Waals surface area contributed by atoms with Crippen molar-refractivity contribution in [2.24, 2.45) is 5.92 Å². The molecule has 0 spiro atoms. The average molecular weight is 365 g/mol. The lowest BCUT2D eigenvalue weighted by Gasteiger charge is -2.21. The van der Waals surface area contributed by atoms with Crippen LogP contribution in [0, 0.1) is 5.92 Å². The van der Waals surface area contributed by atoms with Crippen LogP contribution in [0.15, 0.2) is 29.2 Å². The summed E-state index contributed by atoms with van der Waals surface area (Å²) in [4.78, 5) is 25.1. The fourth-order valence-electron chi connectivity index (χ4n) is 3.00. The molecule has 0 atom stereocenters. The van der Waals surface area contributed by atoms with Gasteiger partial charge in [-0.1, -0.05) is 31.4 Å². The molecule has 0 aliphatic heterocycles. The van der Waals surface area contributed by atoms with E-state index in [-0.39, 0.29) is 18.4 Å². The van der Waals surface area contributed by atoms with Crippen LogP contribution < -0.4 is 10.6 Å². The Kier molecular flexibility index (Phi) is 8.83. The average Bonchev–Trinajstić information content (AvgIpc) is 2.66. The zero-order chi connectivity index (χ0) is 17.9. The first kappa shape index (κ1) is 19.8. The summed E-state index contributed by atoms with van der Waals surface area (Å²) >= 11 is 1.39. The Morgan fingerprint density at radius 2 is 1.88 bits per heavy atom. The number of thioether (sulfide) groups is 1. The van der Waals surface area contributed by atoms with E-state index in [0.717, 1.165) is 11.4 Å². The van der Waals surface area contributed by atoms with Crippen molar-refractivity contribution >= 4 is 23.6 Å². The largest absolute Gasteiger partial charge is 0.396 e. The molecular weight excluding hydrogens is 336 g/mol. The molecule has 25 heavy (non-hydrogen) atoms. The summed E-state index contributed by atoms with van der Waals surface area (Å²) in [6.45, 7) is 1.26. The van der Waals surface area contributed by atoms with Crippen molar-refractivity contribution in [1.82, 2.24) is 10.6 Å². The highest BCUT2D eigenvalue weighted by Gasteiger charge is 2.15. The summed E-state index contributed by atoms with van der Waals surface area (Å²) < 4.78 is 0. The molecule has 138 valence electrons. The minimum atomic E-state index is -0.167. The second-order valence-corrected chi connectivity index (χ2v) is 7.44. The monoisotopic (exact) mass is 364 g/mol. The number of benzene rings is 1. The van der Waals surface area contributed by atoms with E-state index >= 15 is 0 Å². The lowest BCUT2D eigenvalue weighted by atomic mass is 9.89. The van der Waals surface area contributed by atoms with E-state index in [2.05, 4.69) is 10.6 Å². The molecule has 0 unspecified atom stereocenters. The van der Waals surface area contributed by atoms with Crippen molar-refractivity contribution in [1.29, 1.82) is 0 Å². The molecule has 6 heteroatoms. The Bertz CT molecular complexity index is 559. The van der Waals surface area contributed by atoms with Gasteiger partial charge in [-0.15, -0.1) is 11.8 Å². The second kappa shape index (κ2) is 11.2. The smallest absolute Gasteiger partial charge is 0.252 e. The van der Waals surface area contributed by atoms with Crippen molar-refractivity contribution in [3.63, 3.8) is 0 Å². The van der Waals surface area contributed by atoms with Crippen molar-refractivity contribution in [3.8, 4) is 0 Å². The molecule has 2 rings (SSSR count). The van der Waals surface area contributed by atoms with Crippen molar-refractivity contribution in [2.45, 2.75) is 43.4 Å². The zero-order valence-corrected chi connectivity index (χ0v) is 15.4. The number of hydrogen-bond donors (Lipinski definition) is 3. The van der Waals surface area contributed by atoms with Crippen molar-refractivity contribution < 1.29 is 14.7 Å². The standard InChI is InChI=1S/C19H28N2O3S/c22-12-6-11-20-19(24)16-9-4-5-10-17(16)25-14-18(23)21-13-15-7-2-1-3-8-15/h4-5,9-10,15,22H,1-3,6-8,11-14H2,(H,20,24)(H,21,23). The minimum absolute atomic E-state index is 0.0195. The summed E-state index contributed by atoms with van der Waals surface area (Å²) in [5.74, 6) is 0.783. The molecule has 3 N–H and O–H groups in total. The third kappa shape index (κ3) is 7.08. The lowest BCUT2D eigenvalue weighted by molar-refractivity contribution is -0.118. The van der Waals surface area contributed by atoms with Gasteiger partial charge < -0.3 is 15.7 Å². The molecule has 1 aliphatic rings. The number of aliphatic hydroxyl groups is 1. The summed E-state index contributed by atoms with van der Waals surface area (Å²) in [5.41, 5.74) is 0.575. The number of hydrogen-bond acceptors (Lipinski definition) is 4. The van der Waals surface area contributed by atoms with Gasteiger partial charge in [0.25, 0.3) is 5.91 Å². The Morgan fingerprint density at radius 1 is 1.12 bits per heavy atom. The Hall–Kier alpha value is -1.53. The molecule has 1 fully saturated rings. The highest BCUT2D eigenvalue weighted by Crippen LogP contribution is 2.24. The molecule has 1 saturated carbocycles. The van der Waals surface area contributed by atoms with Crippen LogP contribution in [0.5, 0.6) is 0 Å². The molecule has 0 saturated heterocycles. The fourth-order valence-corrected chi connectivity index (χ4v) is 3.88. The van der Waals surface area contributed by atoms with Gasteiger partial charge in [0.15, 0.2) is 0 Å². The molecule has 0 aromatic heterocycles. The van der Waals surface area contributed by atoms with Gasteiger partial charge in [-0.25, -0.2) is 0 Å². The summed E-state index contributed by atoms with van der Waals surface area (Å²) in [6.07, 6.45) is 6.82. The van der Waals surface area contributed by atoms with Crippen LogP contribution in [-0.2, 0) is 4.79 Å². The summed E-state index contributed by atoms with van der Waals surface area (Å²) in [7, 11) is 0. The van der Waals surface area contributed by atoms with Crippen LogP contribution in [0.25, 0.3) is 0 Å². The maximum atomic E-state index is 12.2. The minimum Gasteiger partial charge on any atom is -0.396 e. The predicted octanol–water partition coefficient (Wildman–Crippen LogP) is 2.59. The summed E-state index contributed by atoms with van der Waals surface area (Å²) in [5, 5.41) is 14.6. The number of carbonyl (C=O) groups excluding carboxylic acids is 2. The van der Waals surface area contributed by atoms with E-state index in [1.54, 1.807) is 6.07 Å². The Morgan fingerprint density at radius 3 is 2.64 bits per heavy atom. The summed E-state index contributed by atoms with van der Waals surface area (Å²) in [6, 6.07) is 7.30. The van der Waals surface area contributed by atoms with E-state index in [1.165, 1.54) is 43.9 Å². The SMILES string of the molecule is O=C(CSc1ccccc1C(=O)NCCCO)NCC1CCCCC1. The zero-order valence-electron chi connectivity index (χ0n) is 14.6. The number of rotatable bonds is 9. The molecule has 0 radical (unpaired) electrons. The fraction of sp³-hybridized carbons (Fsp3) is 0.579. The molecule has 1 aromatic rings. The molecule has 0 bridgehead atoms. The lowest BCUT2D eigenvalue weighted by Crippen LogP contribution is -2.31.